The number of nitrogen functional groups attached to an aromatic ring is 1. The Morgan fingerprint density at radius 2 is 2.03 bits per heavy atom. The SMILES string of the molecule is CCOC(=O)Oc1cnc(NC(=O)N2CCN(c3nc(N)nc4scnc34)CC2)s1. The molecule has 158 valence electrons. The number of ether oxygens (including phenoxy) is 2. The van der Waals surface area contributed by atoms with Crippen molar-refractivity contribution < 1.29 is 19.1 Å². The standard InChI is InChI=1S/C16H18N8O4S2/c1-2-27-16(26)28-9-7-18-14(30-9)22-15(25)24-5-3-23(4-6-24)11-10-12(29-8-19-10)21-13(17)20-11/h7-8H,2-6H2,1H3,(H2,17,20,21)(H,18,22,25). The summed E-state index contributed by atoms with van der Waals surface area (Å²) >= 11 is 2.45. The second-order valence-electron chi connectivity index (χ2n) is 6.09. The van der Waals surface area contributed by atoms with E-state index >= 15 is 0 Å². The molecule has 0 aliphatic carbocycles. The number of nitrogens with zero attached hydrogens (tertiary/aromatic N) is 6. The lowest BCUT2D eigenvalue weighted by atomic mass is 10.3. The molecule has 4 heterocycles. The van der Waals surface area contributed by atoms with Crippen LogP contribution < -0.4 is 20.7 Å². The highest BCUT2D eigenvalue weighted by Crippen LogP contribution is 2.28. The maximum absolute atomic E-state index is 12.5. The highest BCUT2D eigenvalue weighted by Gasteiger charge is 2.25. The quantitative estimate of drug-likeness (QED) is 0.565. The van der Waals surface area contributed by atoms with Crippen LogP contribution in [0, 0.1) is 0 Å². The topological polar surface area (TPSA) is 149 Å². The molecule has 30 heavy (non-hydrogen) atoms. The van der Waals surface area contributed by atoms with Gasteiger partial charge in [0.2, 0.25) is 11.0 Å². The van der Waals surface area contributed by atoms with Gasteiger partial charge in [0.15, 0.2) is 15.8 Å². The number of amides is 2. The molecule has 1 aliphatic heterocycles. The largest absolute Gasteiger partial charge is 0.514 e. The van der Waals surface area contributed by atoms with Crippen LogP contribution in [0.2, 0.25) is 0 Å². The molecule has 14 heteroatoms. The van der Waals surface area contributed by atoms with Crippen molar-refractivity contribution in [3.8, 4) is 5.06 Å². The highest BCUT2D eigenvalue weighted by molar-refractivity contribution is 7.17. The van der Waals surface area contributed by atoms with Gasteiger partial charge in [-0.2, -0.15) is 4.98 Å². The van der Waals surface area contributed by atoms with Crippen LogP contribution in [0.5, 0.6) is 5.06 Å². The van der Waals surface area contributed by atoms with E-state index in [0.717, 1.165) is 16.2 Å². The number of carbonyl (C=O) groups is 2. The molecule has 0 atom stereocenters. The van der Waals surface area contributed by atoms with Gasteiger partial charge in [-0.05, 0) is 6.92 Å². The third-order valence-corrected chi connectivity index (χ3v) is 5.72. The van der Waals surface area contributed by atoms with Gasteiger partial charge in [-0.25, -0.2) is 24.5 Å². The second-order valence-corrected chi connectivity index (χ2v) is 7.91. The summed E-state index contributed by atoms with van der Waals surface area (Å²) in [6, 6.07) is -0.285. The third kappa shape index (κ3) is 4.33. The van der Waals surface area contributed by atoms with Crippen molar-refractivity contribution in [2.24, 2.45) is 0 Å². The molecular formula is C16H18N8O4S2. The monoisotopic (exact) mass is 450 g/mol. The van der Waals surface area contributed by atoms with Crippen LogP contribution >= 0.6 is 22.7 Å². The van der Waals surface area contributed by atoms with Gasteiger partial charge in [0, 0.05) is 26.2 Å². The van der Waals surface area contributed by atoms with E-state index < -0.39 is 6.16 Å². The number of rotatable bonds is 4. The maximum Gasteiger partial charge on any atom is 0.514 e. The van der Waals surface area contributed by atoms with E-state index in [-0.39, 0.29) is 23.6 Å². The van der Waals surface area contributed by atoms with E-state index in [2.05, 4.69) is 25.3 Å². The molecule has 3 N–H and O–H groups in total. The molecule has 1 aliphatic rings. The fraction of sp³-hybridized carbons (Fsp3) is 0.375. The lowest BCUT2D eigenvalue weighted by Gasteiger charge is -2.35. The predicted molar refractivity (Wildman–Crippen MR) is 112 cm³/mol. The number of thiazole rings is 2. The van der Waals surface area contributed by atoms with Gasteiger partial charge >= 0.3 is 12.2 Å². The summed E-state index contributed by atoms with van der Waals surface area (Å²) in [4.78, 5) is 45.2. The smallest absolute Gasteiger partial charge is 0.434 e. The number of carbonyl (C=O) groups excluding carboxylic acids is 2. The number of hydrogen-bond acceptors (Lipinski definition) is 12. The van der Waals surface area contributed by atoms with E-state index in [1.165, 1.54) is 17.5 Å². The zero-order valence-electron chi connectivity index (χ0n) is 15.9. The van der Waals surface area contributed by atoms with Crippen molar-refractivity contribution in [1.82, 2.24) is 24.8 Å². The Bertz CT molecular complexity index is 1060. The summed E-state index contributed by atoms with van der Waals surface area (Å²) in [7, 11) is 0. The number of nitrogens with one attached hydrogen (secondary N) is 1. The van der Waals surface area contributed by atoms with Gasteiger partial charge in [0.05, 0.1) is 18.3 Å². The predicted octanol–water partition coefficient (Wildman–Crippen LogP) is 2.01. The summed E-state index contributed by atoms with van der Waals surface area (Å²) in [5, 5.41) is 3.28. The normalized spacial score (nSPS) is 14.0. The number of urea groups is 1. The first-order chi connectivity index (χ1) is 14.5. The van der Waals surface area contributed by atoms with E-state index in [1.807, 2.05) is 4.90 Å². The average Bonchev–Trinajstić information content (AvgIpc) is 3.37. The van der Waals surface area contributed by atoms with Crippen molar-refractivity contribution >= 4 is 62.1 Å². The van der Waals surface area contributed by atoms with Gasteiger partial charge in [-0.1, -0.05) is 11.3 Å². The maximum atomic E-state index is 12.5. The van der Waals surface area contributed by atoms with Gasteiger partial charge in [-0.15, -0.1) is 11.3 Å². The molecule has 2 amide bonds. The number of fused-ring (bicyclic) bond motifs is 1. The van der Waals surface area contributed by atoms with Crippen LogP contribution in [-0.4, -0.2) is 69.8 Å². The second kappa shape index (κ2) is 8.62. The molecule has 1 saturated heterocycles. The molecule has 12 nitrogen and oxygen atoms in total. The Morgan fingerprint density at radius 3 is 2.80 bits per heavy atom. The van der Waals surface area contributed by atoms with Gasteiger partial charge < -0.3 is 25.0 Å². The minimum atomic E-state index is -0.810. The Kier molecular flexibility index (Phi) is 5.76. The summed E-state index contributed by atoms with van der Waals surface area (Å²) in [6.45, 7) is 4.01. The molecule has 0 aromatic carbocycles. The molecule has 0 unspecified atom stereocenters. The van der Waals surface area contributed by atoms with Crippen LogP contribution in [0.4, 0.5) is 26.5 Å². The molecule has 4 rings (SSSR count). The van der Waals surface area contributed by atoms with E-state index in [1.54, 1.807) is 17.3 Å². The Morgan fingerprint density at radius 1 is 1.23 bits per heavy atom. The van der Waals surface area contributed by atoms with Crippen molar-refractivity contribution in [2.45, 2.75) is 6.92 Å². The Hall–Kier alpha value is -3.26. The van der Waals surface area contributed by atoms with Crippen molar-refractivity contribution in [2.75, 3.05) is 48.7 Å². The lowest BCUT2D eigenvalue weighted by molar-refractivity contribution is 0.105. The fourth-order valence-corrected chi connectivity index (χ4v) is 4.18. The van der Waals surface area contributed by atoms with Crippen LogP contribution in [0.15, 0.2) is 11.7 Å². The van der Waals surface area contributed by atoms with Crippen molar-refractivity contribution in [3.05, 3.63) is 11.7 Å². The van der Waals surface area contributed by atoms with E-state index in [4.69, 9.17) is 15.2 Å². The Balaban J connectivity index is 1.34. The average molecular weight is 451 g/mol. The van der Waals surface area contributed by atoms with Crippen LogP contribution in [-0.2, 0) is 4.74 Å². The number of piperazine rings is 1. The highest BCUT2D eigenvalue weighted by atomic mass is 32.1. The molecule has 0 saturated carbocycles. The lowest BCUT2D eigenvalue weighted by Crippen LogP contribution is -2.50. The minimum Gasteiger partial charge on any atom is -0.434 e. The molecule has 3 aromatic rings. The Labute approximate surface area is 178 Å². The zero-order valence-corrected chi connectivity index (χ0v) is 17.5. The summed E-state index contributed by atoms with van der Waals surface area (Å²) < 4.78 is 9.66. The first-order valence-corrected chi connectivity index (χ1v) is 10.7. The molecule has 0 spiro atoms. The molecule has 3 aromatic heterocycles. The zero-order chi connectivity index (χ0) is 21.1. The number of anilines is 3. The minimum absolute atomic E-state index is 0.200. The summed E-state index contributed by atoms with van der Waals surface area (Å²) in [5.74, 6) is 0.881. The fourth-order valence-electron chi connectivity index (χ4n) is 2.87. The number of aromatic nitrogens is 4. The third-order valence-electron chi connectivity index (χ3n) is 4.21. The first kappa shape index (κ1) is 20.0. The molecule has 0 radical (unpaired) electrons. The summed E-state index contributed by atoms with van der Waals surface area (Å²) in [6.07, 6.45) is 0.544. The van der Waals surface area contributed by atoms with E-state index in [0.29, 0.717) is 42.6 Å². The van der Waals surface area contributed by atoms with Crippen LogP contribution in [0.25, 0.3) is 10.3 Å². The number of nitrogens with two attached hydrogens (primary N) is 1. The van der Waals surface area contributed by atoms with Gasteiger partial charge in [0.1, 0.15) is 5.52 Å². The number of hydrogen-bond donors (Lipinski definition) is 2. The first-order valence-electron chi connectivity index (χ1n) is 9.01. The summed E-state index contributed by atoms with van der Waals surface area (Å²) in [5.41, 5.74) is 8.23. The van der Waals surface area contributed by atoms with Crippen molar-refractivity contribution in [1.29, 1.82) is 0 Å². The van der Waals surface area contributed by atoms with E-state index in [9.17, 15) is 9.59 Å². The van der Waals surface area contributed by atoms with Crippen molar-refractivity contribution in [3.63, 3.8) is 0 Å². The van der Waals surface area contributed by atoms with Crippen LogP contribution in [0.3, 0.4) is 0 Å². The molecule has 0 bridgehead atoms. The van der Waals surface area contributed by atoms with Gasteiger partial charge in [-0.3, -0.25) is 5.32 Å². The van der Waals surface area contributed by atoms with Crippen LogP contribution in [0.1, 0.15) is 6.92 Å². The molecule has 1 fully saturated rings. The molecular weight excluding hydrogens is 432 g/mol. The van der Waals surface area contributed by atoms with Gasteiger partial charge in [0.25, 0.3) is 0 Å².